The Labute approximate surface area is 257 Å². The van der Waals surface area contributed by atoms with Crippen LogP contribution in [-0.2, 0) is 19.4 Å². The normalized spacial score (nSPS) is 22.2. The van der Waals surface area contributed by atoms with E-state index in [4.69, 9.17) is 9.72 Å². The number of nitrogens with one attached hydrogen (secondary N) is 2. The molecule has 2 fully saturated rings. The molecule has 5 rings (SSSR count). The first kappa shape index (κ1) is 31.6. The predicted molar refractivity (Wildman–Crippen MR) is 173 cm³/mol. The minimum Gasteiger partial charge on any atom is -0.378 e. The van der Waals surface area contributed by atoms with E-state index in [-0.39, 0.29) is 36.1 Å². The number of sulfone groups is 1. The highest BCUT2D eigenvalue weighted by molar-refractivity contribution is 7.90. The van der Waals surface area contributed by atoms with E-state index in [0.717, 1.165) is 22.0 Å². The van der Waals surface area contributed by atoms with Crippen molar-refractivity contribution in [3.05, 3.63) is 48.8 Å². The zero-order valence-corrected chi connectivity index (χ0v) is 26.6. The average molecular weight is 626 g/mol. The lowest BCUT2D eigenvalue weighted by Crippen LogP contribution is -2.57. The van der Waals surface area contributed by atoms with E-state index in [0.29, 0.717) is 42.8 Å². The molecule has 2 saturated heterocycles. The van der Waals surface area contributed by atoms with Gasteiger partial charge in [-0.15, -0.1) is 0 Å². The Hall–Kier alpha value is -3.84. The summed E-state index contributed by atoms with van der Waals surface area (Å²) in [6.07, 6.45) is 4.89. The van der Waals surface area contributed by atoms with Gasteiger partial charge in [0.2, 0.25) is 11.9 Å². The Morgan fingerprint density at radius 1 is 1.23 bits per heavy atom. The molecule has 2 aliphatic rings. The number of ether oxygens (including phenoxy) is 1. The van der Waals surface area contributed by atoms with Crippen LogP contribution in [0.15, 0.2) is 43.2 Å². The number of alkyl halides is 1. The molecule has 1 aromatic carbocycles. The molecule has 1 amide bonds. The number of fused-ring (bicyclic) bond motifs is 1. The van der Waals surface area contributed by atoms with Gasteiger partial charge in [-0.3, -0.25) is 4.79 Å². The Bertz CT molecular complexity index is 1670. The molecule has 2 aliphatic heterocycles. The van der Waals surface area contributed by atoms with E-state index >= 15 is 0 Å². The standard InChI is InChI=1S/C31H40FN7O4S/c1-7-29(40)35-24-13-25(39-15-20(19(39)4)17-44(6,41)42)22-14-34-28(12-21(22)30(24)18(2)3)36-27-8-10-33-31(37-27)38-11-9-26(43-5)23(32)16-38/h7-8,10,12-14,18-20,23,26H,1,9,11,15-17H2,2-6H3,(H,35,40)(H,33,34,36,37)/t19-,20-,23+,26-/m1/s1. The summed E-state index contributed by atoms with van der Waals surface area (Å²) in [5.41, 5.74) is 2.46. The van der Waals surface area contributed by atoms with E-state index in [1.165, 1.54) is 19.4 Å². The van der Waals surface area contributed by atoms with Gasteiger partial charge in [-0.1, -0.05) is 20.4 Å². The molecule has 4 atom stereocenters. The Kier molecular flexibility index (Phi) is 9.07. The molecule has 2 N–H and O–H groups in total. The molecule has 0 radical (unpaired) electrons. The van der Waals surface area contributed by atoms with E-state index in [2.05, 4.69) is 45.9 Å². The first-order chi connectivity index (χ1) is 20.9. The van der Waals surface area contributed by atoms with Crippen molar-refractivity contribution in [1.82, 2.24) is 15.0 Å². The van der Waals surface area contributed by atoms with Crippen LogP contribution in [0.1, 0.15) is 38.7 Å². The fourth-order valence-corrected chi connectivity index (χ4v) is 7.32. The fourth-order valence-electron chi connectivity index (χ4n) is 6.15. The van der Waals surface area contributed by atoms with Crippen molar-refractivity contribution in [2.24, 2.45) is 5.92 Å². The summed E-state index contributed by atoms with van der Waals surface area (Å²) in [5.74, 6) is 1.31. The molecule has 0 unspecified atom stereocenters. The number of halogens is 1. The van der Waals surface area contributed by atoms with Crippen molar-refractivity contribution < 1.29 is 22.3 Å². The van der Waals surface area contributed by atoms with Crippen molar-refractivity contribution >= 4 is 55.5 Å². The third-order valence-electron chi connectivity index (χ3n) is 8.46. The number of carbonyl (C=O) groups excluding carboxylic acids is 1. The Balaban J connectivity index is 1.51. The van der Waals surface area contributed by atoms with Crippen LogP contribution in [0, 0.1) is 5.92 Å². The van der Waals surface area contributed by atoms with Crippen LogP contribution in [-0.4, -0.2) is 86.3 Å². The minimum atomic E-state index is -3.12. The number of rotatable bonds is 10. The summed E-state index contributed by atoms with van der Waals surface area (Å²) in [5, 5.41) is 8.03. The number of piperidine rings is 1. The Morgan fingerprint density at radius 2 is 2.00 bits per heavy atom. The third kappa shape index (κ3) is 6.63. The fraction of sp³-hybridized carbons (Fsp3) is 0.484. The van der Waals surface area contributed by atoms with E-state index < -0.39 is 22.1 Å². The Morgan fingerprint density at radius 3 is 2.64 bits per heavy atom. The number of pyridine rings is 1. The first-order valence-electron chi connectivity index (χ1n) is 14.7. The van der Waals surface area contributed by atoms with Gasteiger partial charge in [-0.25, -0.2) is 22.8 Å². The summed E-state index contributed by atoms with van der Waals surface area (Å²) in [4.78, 5) is 30.1. The number of benzene rings is 1. The second-order valence-electron chi connectivity index (χ2n) is 12.0. The second-order valence-corrected chi connectivity index (χ2v) is 14.1. The molecule has 0 bridgehead atoms. The van der Waals surface area contributed by atoms with Crippen molar-refractivity contribution in [1.29, 1.82) is 0 Å². The van der Waals surface area contributed by atoms with Crippen LogP contribution in [0.5, 0.6) is 0 Å². The van der Waals surface area contributed by atoms with Crippen molar-refractivity contribution in [3.8, 4) is 0 Å². The molecule has 13 heteroatoms. The summed E-state index contributed by atoms with van der Waals surface area (Å²) in [7, 11) is -1.59. The number of aromatic nitrogens is 3. The van der Waals surface area contributed by atoms with Crippen LogP contribution in [0.4, 0.5) is 33.3 Å². The van der Waals surface area contributed by atoms with Gasteiger partial charge in [0, 0.05) is 67.6 Å². The van der Waals surface area contributed by atoms with Gasteiger partial charge in [-0.05, 0) is 54.5 Å². The monoisotopic (exact) mass is 625 g/mol. The largest absolute Gasteiger partial charge is 0.378 e. The van der Waals surface area contributed by atoms with Crippen LogP contribution in [0.25, 0.3) is 10.8 Å². The number of anilines is 5. The second kappa shape index (κ2) is 12.6. The third-order valence-corrected chi connectivity index (χ3v) is 9.49. The van der Waals surface area contributed by atoms with Gasteiger partial charge < -0.3 is 25.2 Å². The van der Waals surface area contributed by atoms with Crippen LogP contribution >= 0.6 is 0 Å². The highest BCUT2D eigenvalue weighted by Gasteiger charge is 2.39. The minimum absolute atomic E-state index is 0.00450. The van der Waals surface area contributed by atoms with Crippen molar-refractivity contribution in [2.75, 3.05) is 59.2 Å². The lowest BCUT2D eigenvalue weighted by molar-refractivity contribution is -0.111. The van der Waals surface area contributed by atoms with Gasteiger partial charge in [0.25, 0.3) is 0 Å². The smallest absolute Gasteiger partial charge is 0.247 e. The van der Waals surface area contributed by atoms with Crippen LogP contribution in [0.2, 0.25) is 0 Å². The first-order valence-corrected chi connectivity index (χ1v) is 16.8. The van der Waals surface area contributed by atoms with E-state index in [1.54, 1.807) is 18.5 Å². The summed E-state index contributed by atoms with van der Waals surface area (Å²) in [6, 6.07) is 5.59. The molecular formula is C31H40FN7O4S. The van der Waals surface area contributed by atoms with Gasteiger partial charge in [-0.2, -0.15) is 4.98 Å². The van der Waals surface area contributed by atoms with E-state index in [9.17, 15) is 17.6 Å². The maximum atomic E-state index is 14.5. The highest BCUT2D eigenvalue weighted by atomic mass is 32.2. The number of methoxy groups -OCH3 is 1. The predicted octanol–water partition coefficient (Wildman–Crippen LogP) is 4.45. The zero-order chi connectivity index (χ0) is 31.8. The number of amides is 1. The molecule has 44 heavy (non-hydrogen) atoms. The number of hydrogen-bond donors (Lipinski definition) is 2. The number of nitrogens with zero attached hydrogens (tertiary/aromatic N) is 5. The maximum Gasteiger partial charge on any atom is 0.247 e. The molecule has 0 aliphatic carbocycles. The van der Waals surface area contributed by atoms with Crippen molar-refractivity contribution in [3.63, 3.8) is 0 Å². The highest BCUT2D eigenvalue weighted by Crippen LogP contribution is 2.43. The maximum absolute atomic E-state index is 14.5. The summed E-state index contributed by atoms with van der Waals surface area (Å²) in [6.45, 7) is 11.0. The molecule has 3 aromatic rings. The van der Waals surface area contributed by atoms with Gasteiger partial charge in [0.15, 0.2) is 0 Å². The summed E-state index contributed by atoms with van der Waals surface area (Å²) < 4.78 is 43.7. The lowest BCUT2D eigenvalue weighted by atomic mass is 9.88. The quantitative estimate of drug-likeness (QED) is 0.312. The molecule has 0 saturated carbocycles. The van der Waals surface area contributed by atoms with E-state index in [1.807, 2.05) is 24.0 Å². The molecule has 11 nitrogen and oxygen atoms in total. The lowest BCUT2D eigenvalue weighted by Gasteiger charge is -2.48. The van der Waals surface area contributed by atoms with Crippen LogP contribution in [0.3, 0.4) is 0 Å². The molecule has 236 valence electrons. The number of hydrogen-bond acceptors (Lipinski definition) is 10. The average Bonchev–Trinajstić information content (AvgIpc) is 2.97. The van der Waals surface area contributed by atoms with Gasteiger partial charge >= 0.3 is 0 Å². The zero-order valence-electron chi connectivity index (χ0n) is 25.7. The van der Waals surface area contributed by atoms with Crippen LogP contribution < -0.4 is 20.4 Å². The summed E-state index contributed by atoms with van der Waals surface area (Å²) >= 11 is 0. The SMILES string of the molecule is C=CC(=O)Nc1cc(N2C[C@H](CS(C)(=O)=O)[C@H]2C)c2cnc(Nc3ccnc(N4CC[C@@H](OC)[C@@H](F)C4)n3)cc2c1C(C)C. The van der Waals surface area contributed by atoms with Gasteiger partial charge in [0.1, 0.15) is 27.6 Å². The van der Waals surface area contributed by atoms with Gasteiger partial charge in [0.05, 0.1) is 18.4 Å². The number of carbonyl (C=O) groups is 1. The van der Waals surface area contributed by atoms with Crippen molar-refractivity contribution in [2.45, 2.75) is 51.4 Å². The molecule has 4 heterocycles. The topological polar surface area (TPSA) is 130 Å². The molecule has 0 spiro atoms. The molecule has 2 aromatic heterocycles. The molecular weight excluding hydrogens is 585 g/mol.